The molecule has 0 N–H and O–H groups in total. The van der Waals surface area contributed by atoms with Crippen molar-refractivity contribution in [3.8, 4) is 78.9 Å². The van der Waals surface area contributed by atoms with Gasteiger partial charge in [-0.1, -0.05) is 194 Å². The van der Waals surface area contributed by atoms with Gasteiger partial charge in [0.15, 0.2) is 11.4 Å². The third-order valence-corrected chi connectivity index (χ3v) is 16.4. The van der Waals surface area contributed by atoms with Crippen LogP contribution in [-0.4, -0.2) is 18.8 Å². The average molecular weight is 1100 g/mol. The first-order chi connectivity index (χ1) is 42.3. The number of hydrogen-bond donors (Lipinski definition) is 0. The molecule has 4 aromatic heterocycles. The molecular formula is C76H40N8O2. The molecule has 16 aromatic rings. The van der Waals surface area contributed by atoms with E-state index < -0.39 is 0 Å². The lowest BCUT2D eigenvalue weighted by Gasteiger charge is -2.14. The molecule has 86 heavy (non-hydrogen) atoms. The highest BCUT2D eigenvalue weighted by Gasteiger charge is 2.25. The van der Waals surface area contributed by atoms with Crippen LogP contribution in [0, 0.1) is 35.8 Å². The smallest absolute Gasteiger partial charge is 0.264 e. The van der Waals surface area contributed by atoms with E-state index in [9.17, 15) is 20.1 Å². The van der Waals surface area contributed by atoms with Gasteiger partial charge in [-0.2, -0.15) is 10.5 Å². The van der Waals surface area contributed by atoms with E-state index in [1.165, 1.54) is 0 Å². The van der Waals surface area contributed by atoms with Crippen molar-refractivity contribution in [2.45, 2.75) is 0 Å². The Bertz CT molecular complexity index is 5630. The second kappa shape index (κ2) is 20.1. The van der Waals surface area contributed by atoms with Gasteiger partial charge in [-0.3, -0.25) is 18.4 Å². The molecule has 4 heterocycles. The number of pyridine rings is 2. The molecule has 0 fully saturated rings. The molecule has 10 nitrogen and oxygen atoms in total. The Hall–Kier alpha value is -12.6. The van der Waals surface area contributed by atoms with Crippen molar-refractivity contribution in [2.24, 2.45) is 0 Å². The zero-order chi connectivity index (χ0) is 58.2. The van der Waals surface area contributed by atoms with E-state index in [2.05, 4.69) is 82.5 Å². The second-order valence-corrected chi connectivity index (χ2v) is 21.1. The monoisotopic (exact) mass is 1100 g/mol. The van der Waals surface area contributed by atoms with Gasteiger partial charge in [-0.05, 0) is 126 Å². The first-order valence-corrected chi connectivity index (χ1v) is 27.7. The third kappa shape index (κ3) is 7.92. The van der Waals surface area contributed by atoms with Gasteiger partial charge in [0.2, 0.25) is 0 Å². The van der Waals surface area contributed by atoms with E-state index in [0.29, 0.717) is 44.6 Å². The van der Waals surface area contributed by atoms with Gasteiger partial charge in [-0.15, -0.1) is 0 Å². The highest BCUT2D eigenvalue weighted by atomic mass is 16.1. The number of nitriles is 2. The Morgan fingerprint density at radius 3 is 1.24 bits per heavy atom. The van der Waals surface area contributed by atoms with Crippen molar-refractivity contribution in [1.29, 1.82) is 10.5 Å². The molecule has 0 spiro atoms. The fourth-order valence-corrected chi connectivity index (χ4v) is 12.5. The predicted octanol–water partition coefficient (Wildman–Crippen LogP) is 18.0. The van der Waals surface area contributed by atoms with E-state index in [4.69, 9.17) is 23.1 Å². The number of rotatable bonds is 6. The summed E-state index contributed by atoms with van der Waals surface area (Å²) in [5.74, 6) is 0. The molecule has 0 aliphatic carbocycles. The van der Waals surface area contributed by atoms with Crippen molar-refractivity contribution in [3.05, 3.63) is 297 Å². The van der Waals surface area contributed by atoms with Gasteiger partial charge < -0.3 is 0 Å². The molecule has 396 valence electrons. The van der Waals surface area contributed by atoms with E-state index in [1.807, 2.05) is 133 Å². The summed E-state index contributed by atoms with van der Waals surface area (Å²) in [6, 6.07) is 82.8. The Morgan fingerprint density at radius 2 is 0.767 bits per heavy atom. The molecule has 0 saturated carbocycles. The highest BCUT2D eigenvalue weighted by molar-refractivity contribution is 6.25. The van der Waals surface area contributed by atoms with Gasteiger partial charge >= 0.3 is 0 Å². The van der Waals surface area contributed by atoms with Gasteiger partial charge in [0.05, 0.1) is 58.5 Å². The topological polar surface area (TPSA) is 125 Å². The van der Waals surface area contributed by atoms with Crippen molar-refractivity contribution < 1.29 is 0 Å². The zero-order valence-electron chi connectivity index (χ0n) is 45.5. The van der Waals surface area contributed by atoms with Crippen LogP contribution in [-0.2, 0) is 0 Å². The van der Waals surface area contributed by atoms with Crippen LogP contribution in [0.4, 0.5) is 11.4 Å². The third-order valence-electron chi connectivity index (χ3n) is 16.4. The first kappa shape index (κ1) is 50.4. The van der Waals surface area contributed by atoms with E-state index in [1.54, 1.807) is 57.3 Å². The molecule has 0 radical (unpaired) electrons. The Morgan fingerprint density at radius 1 is 0.360 bits per heavy atom. The molecule has 0 aliphatic rings. The van der Waals surface area contributed by atoms with Crippen LogP contribution >= 0.6 is 0 Å². The fraction of sp³-hybridized carbons (Fsp3) is 0. The summed E-state index contributed by atoms with van der Waals surface area (Å²) in [5.41, 5.74) is 17.3. The summed E-state index contributed by atoms with van der Waals surface area (Å²) in [7, 11) is 0. The van der Waals surface area contributed by atoms with Gasteiger partial charge in [0.25, 0.3) is 11.1 Å². The summed E-state index contributed by atoms with van der Waals surface area (Å²) >= 11 is 0. The van der Waals surface area contributed by atoms with Crippen molar-refractivity contribution in [1.82, 2.24) is 18.8 Å². The molecule has 10 heteroatoms. The molecule has 0 bridgehead atoms. The van der Waals surface area contributed by atoms with Crippen molar-refractivity contribution >= 4 is 87.8 Å². The van der Waals surface area contributed by atoms with Crippen LogP contribution in [0.2, 0.25) is 0 Å². The molecular weight excluding hydrogens is 1060 g/mol. The normalized spacial score (nSPS) is 11.3. The molecule has 0 saturated heterocycles. The van der Waals surface area contributed by atoms with Gasteiger partial charge in [0, 0.05) is 32.7 Å². The molecule has 16 rings (SSSR count). The van der Waals surface area contributed by atoms with E-state index in [0.717, 1.165) is 121 Å². The highest BCUT2D eigenvalue weighted by Crippen LogP contribution is 2.45. The quantitative estimate of drug-likeness (QED) is 0.153. The Balaban J connectivity index is 0.000000145. The van der Waals surface area contributed by atoms with E-state index >= 15 is 0 Å². The summed E-state index contributed by atoms with van der Waals surface area (Å²) in [5, 5.41) is 24.1. The zero-order valence-corrected chi connectivity index (χ0v) is 45.5. The Kier molecular flexibility index (Phi) is 11.8. The molecule has 0 amide bonds. The number of fused-ring (bicyclic) bond motifs is 8. The van der Waals surface area contributed by atoms with Crippen LogP contribution in [0.15, 0.2) is 252 Å². The molecule has 0 aliphatic heterocycles. The lowest BCUT2D eigenvalue weighted by atomic mass is 9.92. The fourth-order valence-electron chi connectivity index (χ4n) is 12.5. The van der Waals surface area contributed by atoms with Crippen LogP contribution in [0.5, 0.6) is 0 Å². The minimum absolute atomic E-state index is 0.173. The number of hydrogen-bond acceptors (Lipinski definition) is 6. The summed E-state index contributed by atoms with van der Waals surface area (Å²) in [6.07, 6.45) is 0. The second-order valence-electron chi connectivity index (χ2n) is 21.1. The lowest BCUT2D eigenvalue weighted by Crippen LogP contribution is -2.13. The summed E-state index contributed by atoms with van der Waals surface area (Å²) < 4.78 is 3.46. The van der Waals surface area contributed by atoms with Crippen LogP contribution in [0.25, 0.3) is 153 Å². The Labute approximate surface area is 490 Å². The largest absolute Gasteiger partial charge is 0.268 e. The van der Waals surface area contributed by atoms with Crippen LogP contribution in [0.3, 0.4) is 0 Å². The molecule has 12 aromatic carbocycles. The van der Waals surface area contributed by atoms with Gasteiger partial charge in [0.1, 0.15) is 11.3 Å². The molecule has 0 unspecified atom stereocenters. The minimum Gasteiger partial charge on any atom is -0.268 e. The lowest BCUT2D eigenvalue weighted by molar-refractivity contribution is 1.19. The SMILES string of the molecule is [C-]#[N+]c1ccc2c(=O)n3c(nc4cc(-c5ccccc5)cc(-c5ccccc5)c43)c3ccc(-c4ccc(C#N)cc4)c1c23.[C-]#[N+]c1ccc2c(=O)n3c4cc(-c5ccccc5)cc(-c5ccccc5)c4nc3c3ccc(-c4ccc(C#N)cc4)c1c23. The van der Waals surface area contributed by atoms with Gasteiger partial charge in [-0.25, -0.2) is 19.7 Å². The maximum absolute atomic E-state index is 14.4. The number of benzene rings is 12. The van der Waals surface area contributed by atoms with Crippen molar-refractivity contribution in [3.63, 3.8) is 0 Å². The number of nitrogens with zero attached hydrogens (tertiary/aromatic N) is 8. The maximum atomic E-state index is 14.4. The standard InChI is InChI=1S/2C38H20N4O/c1-40-32-19-18-30-34-29(17-16-28(35(32)34)26-14-12-23(22-39)13-15-26)37-41-36-31(25-10-6-3-7-11-25)20-27(24-8-4-2-5-9-24)21-33(36)42(37)38(30)43;1-40-32-19-18-30-34-29(17-16-28(35(32)34)26-14-12-23(22-39)13-15-26)37-41-33-21-27(24-8-4-2-5-9-24)20-31(25-10-6-3-7-11-25)36(33)42(37)38(30)43/h2*2-21H. The first-order valence-electron chi connectivity index (χ1n) is 27.7. The molecule has 0 atom stereocenters. The minimum atomic E-state index is -0.173. The number of imidazole rings is 2. The maximum Gasteiger partial charge on any atom is 0.264 e. The van der Waals surface area contributed by atoms with Crippen LogP contribution < -0.4 is 11.1 Å². The summed E-state index contributed by atoms with van der Waals surface area (Å²) in [6.45, 7) is 15.9. The predicted molar refractivity (Wildman–Crippen MR) is 345 cm³/mol. The van der Waals surface area contributed by atoms with Crippen LogP contribution in [0.1, 0.15) is 11.1 Å². The number of aromatic nitrogens is 4. The summed E-state index contributed by atoms with van der Waals surface area (Å²) in [4.78, 5) is 46.8. The van der Waals surface area contributed by atoms with E-state index in [-0.39, 0.29) is 11.1 Å². The average Bonchev–Trinajstić information content (AvgIpc) is 1.46. The van der Waals surface area contributed by atoms with Crippen molar-refractivity contribution in [2.75, 3.05) is 0 Å².